The highest BCUT2D eigenvalue weighted by Crippen LogP contribution is 2.14. The molecular formula is C11H9N5O3. The molecule has 0 amide bonds. The van der Waals surface area contributed by atoms with E-state index in [4.69, 9.17) is 9.63 Å². The highest BCUT2D eigenvalue weighted by atomic mass is 16.5. The van der Waals surface area contributed by atoms with Crippen LogP contribution in [-0.2, 0) is 6.54 Å². The molecule has 0 aliphatic rings. The number of carboxylic acids is 1. The number of nitrogens with zero attached hydrogens (tertiary/aromatic N) is 5. The lowest BCUT2D eigenvalue weighted by Crippen LogP contribution is -2.04. The van der Waals surface area contributed by atoms with Crippen LogP contribution < -0.4 is 0 Å². The molecule has 0 aliphatic heterocycles. The maximum Gasteiger partial charge on any atom is 0.335 e. The van der Waals surface area contributed by atoms with Crippen LogP contribution in [0.1, 0.15) is 22.1 Å². The Kier molecular flexibility index (Phi) is 2.48. The van der Waals surface area contributed by atoms with Gasteiger partial charge in [0.25, 0.3) is 0 Å². The van der Waals surface area contributed by atoms with E-state index in [2.05, 4.69) is 20.5 Å². The van der Waals surface area contributed by atoms with Crippen LogP contribution in [-0.4, -0.2) is 36.2 Å². The maximum atomic E-state index is 10.9. The van der Waals surface area contributed by atoms with Crippen molar-refractivity contribution in [2.24, 2.45) is 0 Å². The Labute approximate surface area is 106 Å². The highest BCUT2D eigenvalue weighted by Gasteiger charge is 2.11. The first-order valence-electron chi connectivity index (χ1n) is 5.49. The molecule has 2 aromatic heterocycles. The first-order valence-corrected chi connectivity index (χ1v) is 5.49. The fourth-order valence-corrected chi connectivity index (χ4v) is 1.75. The summed E-state index contributed by atoms with van der Waals surface area (Å²) in [6, 6.07) is 4.62. The van der Waals surface area contributed by atoms with Gasteiger partial charge in [-0.05, 0) is 18.2 Å². The molecule has 0 radical (unpaired) electrons. The van der Waals surface area contributed by atoms with Crippen molar-refractivity contribution in [2.75, 3.05) is 0 Å². The molecule has 0 saturated carbocycles. The Hall–Kier alpha value is -2.77. The Bertz CT molecular complexity index is 761. The summed E-state index contributed by atoms with van der Waals surface area (Å²) >= 11 is 0. The van der Waals surface area contributed by atoms with Crippen molar-refractivity contribution < 1.29 is 14.4 Å². The third kappa shape index (κ3) is 2.03. The number of aryl methyl sites for hydroxylation is 1. The van der Waals surface area contributed by atoms with E-state index in [9.17, 15) is 4.79 Å². The lowest BCUT2D eigenvalue weighted by Gasteiger charge is -1.98. The van der Waals surface area contributed by atoms with Gasteiger partial charge in [-0.3, -0.25) is 0 Å². The van der Waals surface area contributed by atoms with Crippen molar-refractivity contribution in [3.8, 4) is 0 Å². The number of aromatic nitrogens is 5. The fraction of sp³-hybridized carbons (Fsp3) is 0.182. The van der Waals surface area contributed by atoms with Gasteiger partial charge in [-0.2, -0.15) is 4.98 Å². The number of rotatable bonds is 3. The normalized spacial score (nSPS) is 11.0. The van der Waals surface area contributed by atoms with E-state index in [1.165, 1.54) is 16.8 Å². The smallest absolute Gasteiger partial charge is 0.335 e. The molecule has 1 N–H and O–H groups in total. The average Bonchev–Trinajstić information content (AvgIpc) is 2.96. The average molecular weight is 259 g/mol. The monoisotopic (exact) mass is 259 g/mol. The van der Waals surface area contributed by atoms with Crippen LogP contribution in [0.5, 0.6) is 0 Å². The molecule has 0 fully saturated rings. The summed E-state index contributed by atoms with van der Waals surface area (Å²) in [6.45, 7) is 1.97. The summed E-state index contributed by atoms with van der Waals surface area (Å²) in [5.74, 6) is -0.0688. The van der Waals surface area contributed by atoms with Gasteiger partial charge in [0.2, 0.25) is 5.89 Å². The van der Waals surface area contributed by atoms with Gasteiger partial charge in [-0.15, -0.1) is 5.10 Å². The largest absolute Gasteiger partial charge is 0.478 e. The van der Waals surface area contributed by atoms with Gasteiger partial charge in [0.05, 0.1) is 11.1 Å². The maximum absolute atomic E-state index is 10.9. The number of aromatic carboxylic acids is 1. The van der Waals surface area contributed by atoms with E-state index in [1.807, 2.05) is 0 Å². The third-order valence-electron chi connectivity index (χ3n) is 2.62. The van der Waals surface area contributed by atoms with Gasteiger partial charge < -0.3 is 9.63 Å². The van der Waals surface area contributed by atoms with Crippen LogP contribution in [0.4, 0.5) is 0 Å². The van der Waals surface area contributed by atoms with Crippen LogP contribution in [0.3, 0.4) is 0 Å². The van der Waals surface area contributed by atoms with E-state index >= 15 is 0 Å². The fourth-order valence-electron chi connectivity index (χ4n) is 1.75. The van der Waals surface area contributed by atoms with Crippen LogP contribution >= 0.6 is 0 Å². The molecule has 0 spiro atoms. The minimum absolute atomic E-state index is 0.181. The van der Waals surface area contributed by atoms with Gasteiger partial charge in [0.1, 0.15) is 12.1 Å². The van der Waals surface area contributed by atoms with Crippen molar-refractivity contribution in [3.05, 3.63) is 35.5 Å². The van der Waals surface area contributed by atoms with E-state index in [-0.39, 0.29) is 12.1 Å². The van der Waals surface area contributed by atoms with E-state index in [0.29, 0.717) is 22.7 Å². The summed E-state index contributed by atoms with van der Waals surface area (Å²) in [4.78, 5) is 15.0. The summed E-state index contributed by atoms with van der Waals surface area (Å²) in [5, 5.41) is 20.6. The summed E-state index contributed by atoms with van der Waals surface area (Å²) < 4.78 is 6.40. The van der Waals surface area contributed by atoms with Crippen molar-refractivity contribution in [1.29, 1.82) is 0 Å². The van der Waals surface area contributed by atoms with Crippen molar-refractivity contribution in [3.63, 3.8) is 0 Å². The SMILES string of the molecule is Cc1nc(Cn2nnc3ccc(C(=O)O)cc32)no1. The van der Waals surface area contributed by atoms with Crippen LogP contribution in [0.2, 0.25) is 0 Å². The number of benzene rings is 1. The quantitative estimate of drug-likeness (QED) is 0.743. The lowest BCUT2D eigenvalue weighted by molar-refractivity contribution is 0.0697. The van der Waals surface area contributed by atoms with Crippen molar-refractivity contribution in [1.82, 2.24) is 25.1 Å². The number of hydrogen-bond donors (Lipinski definition) is 1. The molecule has 8 nitrogen and oxygen atoms in total. The first kappa shape index (κ1) is 11.3. The van der Waals surface area contributed by atoms with Gasteiger partial charge in [-0.25, -0.2) is 9.48 Å². The van der Waals surface area contributed by atoms with Crippen LogP contribution in [0, 0.1) is 6.92 Å². The number of hydrogen-bond acceptors (Lipinski definition) is 6. The molecule has 1 aromatic carbocycles. The Morgan fingerprint density at radius 1 is 1.47 bits per heavy atom. The van der Waals surface area contributed by atoms with E-state index in [1.54, 1.807) is 13.0 Å². The molecule has 3 aromatic rings. The van der Waals surface area contributed by atoms with E-state index < -0.39 is 5.97 Å². The molecule has 0 bridgehead atoms. The molecule has 96 valence electrons. The third-order valence-corrected chi connectivity index (χ3v) is 2.62. The van der Waals surface area contributed by atoms with Gasteiger partial charge >= 0.3 is 5.97 Å². The number of carbonyl (C=O) groups is 1. The lowest BCUT2D eigenvalue weighted by atomic mass is 10.2. The van der Waals surface area contributed by atoms with Crippen molar-refractivity contribution in [2.45, 2.75) is 13.5 Å². The van der Waals surface area contributed by atoms with Crippen molar-refractivity contribution >= 4 is 17.0 Å². The molecule has 8 heteroatoms. The zero-order valence-electron chi connectivity index (χ0n) is 9.94. The highest BCUT2D eigenvalue weighted by molar-refractivity contribution is 5.92. The van der Waals surface area contributed by atoms with Crippen LogP contribution in [0.25, 0.3) is 11.0 Å². The minimum Gasteiger partial charge on any atom is -0.478 e. The zero-order valence-corrected chi connectivity index (χ0v) is 9.94. The van der Waals surface area contributed by atoms with Gasteiger partial charge in [0.15, 0.2) is 5.82 Å². The first-order chi connectivity index (χ1) is 9.13. The van der Waals surface area contributed by atoms with Crippen LogP contribution in [0.15, 0.2) is 22.7 Å². The minimum atomic E-state index is -0.995. The second-order valence-electron chi connectivity index (χ2n) is 3.99. The molecule has 0 saturated heterocycles. The summed E-state index contributed by atoms with van der Waals surface area (Å²) in [6.07, 6.45) is 0. The number of carboxylic acid groups (broad SMARTS) is 1. The topological polar surface area (TPSA) is 107 Å². The molecular weight excluding hydrogens is 250 g/mol. The standard InChI is InChI=1S/C11H9N5O3/c1-6-12-10(14-19-6)5-16-9-4-7(11(17)18)2-3-8(9)13-15-16/h2-4H,5H2,1H3,(H,17,18). The second-order valence-corrected chi connectivity index (χ2v) is 3.99. The van der Waals surface area contributed by atoms with Gasteiger partial charge in [-0.1, -0.05) is 10.4 Å². The molecule has 19 heavy (non-hydrogen) atoms. The molecule has 0 unspecified atom stereocenters. The molecule has 0 aliphatic carbocycles. The summed E-state index contributed by atoms with van der Waals surface area (Å²) in [7, 11) is 0. The van der Waals surface area contributed by atoms with E-state index in [0.717, 1.165) is 0 Å². The molecule has 3 rings (SSSR count). The summed E-state index contributed by atoms with van der Waals surface area (Å²) in [5.41, 5.74) is 1.41. The second kappa shape index (κ2) is 4.16. The van der Waals surface area contributed by atoms with Gasteiger partial charge in [0, 0.05) is 6.92 Å². The zero-order chi connectivity index (χ0) is 13.4. The molecule has 0 atom stereocenters. The number of fused-ring (bicyclic) bond motifs is 1. The predicted molar refractivity (Wildman–Crippen MR) is 62.6 cm³/mol. The predicted octanol–water partition coefficient (Wildman–Crippen LogP) is 0.869. The molecule has 2 heterocycles. The Morgan fingerprint density at radius 2 is 2.32 bits per heavy atom. The Morgan fingerprint density at radius 3 is 3.00 bits per heavy atom. The Balaban J connectivity index is 2.03.